The highest BCUT2D eigenvalue weighted by atomic mass is 19.4. The largest absolute Gasteiger partial charge is 0.495 e. The molecule has 0 aliphatic heterocycles. The van der Waals surface area contributed by atoms with Gasteiger partial charge in [-0.25, -0.2) is 0 Å². The lowest BCUT2D eigenvalue weighted by atomic mass is 10.1. The van der Waals surface area contributed by atoms with Crippen molar-refractivity contribution >= 4 is 11.6 Å². The van der Waals surface area contributed by atoms with Gasteiger partial charge in [0.1, 0.15) is 5.75 Å². The van der Waals surface area contributed by atoms with Crippen molar-refractivity contribution < 1.29 is 22.7 Å². The van der Waals surface area contributed by atoms with Crippen LogP contribution in [-0.2, 0) is 4.79 Å². The van der Waals surface area contributed by atoms with Crippen molar-refractivity contribution in [1.29, 1.82) is 0 Å². The molecule has 0 saturated heterocycles. The van der Waals surface area contributed by atoms with Crippen LogP contribution in [0.5, 0.6) is 5.75 Å². The second kappa shape index (κ2) is 4.88. The number of amides is 1. The predicted molar refractivity (Wildman–Crippen MR) is 61.9 cm³/mol. The number of ether oxygens (including phenoxy) is 1. The third kappa shape index (κ3) is 2.75. The summed E-state index contributed by atoms with van der Waals surface area (Å²) >= 11 is 0. The summed E-state index contributed by atoms with van der Waals surface area (Å²) in [6, 6.07) is 3.28. The number of methoxy groups -OCH3 is 1. The summed E-state index contributed by atoms with van der Waals surface area (Å²) in [4.78, 5) is 11.8. The number of aryl methyl sites for hydroxylation is 2. The Labute approximate surface area is 103 Å². The molecule has 1 amide bonds. The van der Waals surface area contributed by atoms with E-state index in [1.165, 1.54) is 7.11 Å². The number of carbonyl (C=O) groups excluding carboxylic acids is 1. The quantitative estimate of drug-likeness (QED) is 0.819. The maximum atomic E-state index is 12.4. The number of anilines is 1. The Bertz CT molecular complexity index is 469. The topological polar surface area (TPSA) is 29.5 Å². The summed E-state index contributed by atoms with van der Waals surface area (Å²) in [6.07, 6.45) is -4.91. The minimum Gasteiger partial charge on any atom is -0.495 e. The Morgan fingerprint density at radius 1 is 1.28 bits per heavy atom. The molecule has 0 fully saturated rings. The van der Waals surface area contributed by atoms with Crippen LogP contribution < -0.4 is 9.64 Å². The molecule has 6 heteroatoms. The Hall–Kier alpha value is -1.72. The summed E-state index contributed by atoms with van der Waals surface area (Å²) in [5.41, 5.74) is 1.53. The van der Waals surface area contributed by atoms with Gasteiger partial charge in [0.05, 0.1) is 12.8 Å². The zero-order chi connectivity index (χ0) is 14.1. The number of rotatable bonds is 2. The van der Waals surface area contributed by atoms with Crippen molar-refractivity contribution in [3.05, 3.63) is 23.3 Å². The number of nitrogens with zero attached hydrogens (tertiary/aromatic N) is 1. The molecule has 0 aliphatic carbocycles. The molecule has 0 N–H and O–H groups in total. The number of hydrogen-bond donors (Lipinski definition) is 0. The normalized spacial score (nSPS) is 11.3. The van der Waals surface area contributed by atoms with Crippen LogP contribution in [0.1, 0.15) is 11.1 Å². The number of carbonyl (C=O) groups is 1. The first-order valence-corrected chi connectivity index (χ1v) is 5.18. The van der Waals surface area contributed by atoms with Gasteiger partial charge in [-0.15, -0.1) is 0 Å². The summed E-state index contributed by atoms with van der Waals surface area (Å²) in [6.45, 7) is 3.43. The van der Waals surface area contributed by atoms with Crippen LogP contribution in [0, 0.1) is 13.8 Å². The first-order valence-electron chi connectivity index (χ1n) is 5.18. The van der Waals surface area contributed by atoms with E-state index in [2.05, 4.69) is 0 Å². The number of hydrogen-bond acceptors (Lipinski definition) is 2. The standard InChI is InChI=1S/C12H14F3NO2/c1-7-5-8(2)10(9(6-7)18-4)16(3)11(17)12(13,14)15/h5-6H,1-4H3. The molecule has 1 aromatic carbocycles. The fourth-order valence-corrected chi connectivity index (χ4v) is 1.80. The van der Waals surface area contributed by atoms with Gasteiger partial charge in [-0.3, -0.25) is 4.79 Å². The molecule has 18 heavy (non-hydrogen) atoms. The molecule has 0 aromatic heterocycles. The van der Waals surface area contributed by atoms with Crippen molar-refractivity contribution in [3.63, 3.8) is 0 Å². The van der Waals surface area contributed by atoms with E-state index in [4.69, 9.17) is 4.74 Å². The lowest BCUT2D eigenvalue weighted by Gasteiger charge is -2.23. The molecule has 0 saturated carbocycles. The summed E-state index contributed by atoms with van der Waals surface area (Å²) in [7, 11) is 2.43. The van der Waals surface area contributed by atoms with E-state index >= 15 is 0 Å². The molecular formula is C12H14F3NO2. The molecule has 0 spiro atoms. The molecule has 100 valence electrons. The van der Waals surface area contributed by atoms with Crippen molar-refractivity contribution in [2.75, 3.05) is 19.1 Å². The van der Waals surface area contributed by atoms with E-state index in [-0.39, 0.29) is 11.4 Å². The summed E-state index contributed by atoms with van der Waals surface area (Å²) in [5, 5.41) is 0. The first kappa shape index (κ1) is 14.3. The highest BCUT2D eigenvalue weighted by molar-refractivity contribution is 5.98. The van der Waals surface area contributed by atoms with Gasteiger partial charge in [0.2, 0.25) is 0 Å². The van der Waals surface area contributed by atoms with Crippen LogP contribution in [-0.4, -0.2) is 26.2 Å². The van der Waals surface area contributed by atoms with Gasteiger partial charge in [0.15, 0.2) is 0 Å². The lowest BCUT2D eigenvalue weighted by molar-refractivity contribution is -0.170. The van der Waals surface area contributed by atoms with Crippen molar-refractivity contribution in [1.82, 2.24) is 0 Å². The van der Waals surface area contributed by atoms with Gasteiger partial charge < -0.3 is 9.64 Å². The molecule has 0 atom stereocenters. The van der Waals surface area contributed by atoms with E-state index in [0.29, 0.717) is 10.5 Å². The zero-order valence-corrected chi connectivity index (χ0v) is 10.6. The third-order valence-electron chi connectivity index (χ3n) is 2.51. The predicted octanol–water partition coefficient (Wildman–Crippen LogP) is 2.84. The monoisotopic (exact) mass is 261 g/mol. The van der Waals surface area contributed by atoms with Gasteiger partial charge >= 0.3 is 12.1 Å². The van der Waals surface area contributed by atoms with E-state index in [0.717, 1.165) is 12.6 Å². The van der Waals surface area contributed by atoms with Crippen LogP contribution in [0.25, 0.3) is 0 Å². The van der Waals surface area contributed by atoms with Gasteiger partial charge in [-0.1, -0.05) is 6.07 Å². The van der Waals surface area contributed by atoms with E-state index in [1.807, 2.05) is 0 Å². The third-order valence-corrected chi connectivity index (χ3v) is 2.51. The van der Waals surface area contributed by atoms with Crippen molar-refractivity contribution in [2.24, 2.45) is 0 Å². The minimum absolute atomic E-state index is 0.130. The van der Waals surface area contributed by atoms with Crippen LogP contribution in [0.4, 0.5) is 18.9 Å². The van der Waals surface area contributed by atoms with Crippen LogP contribution in [0.3, 0.4) is 0 Å². The molecule has 0 bridgehead atoms. The molecule has 1 rings (SSSR count). The second-order valence-electron chi connectivity index (χ2n) is 3.99. The maximum Gasteiger partial charge on any atom is 0.471 e. The smallest absolute Gasteiger partial charge is 0.471 e. The molecule has 0 radical (unpaired) electrons. The average Bonchev–Trinajstić information content (AvgIpc) is 2.24. The molecule has 0 heterocycles. The second-order valence-corrected chi connectivity index (χ2v) is 3.99. The molecule has 0 aliphatic rings. The fraction of sp³-hybridized carbons (Fsp3) is 0.417. The van der Waals surface area contributed by atoms with Crippen LogP contribution >= 0.6 is 0 Å². The van der Waals surface area contributed by atoms with E-state index in [1.54, 1.807) is 26.0 Å². The zero-order valence-electron chi connectivity index (χ0n) is 10.6. The van der Waals surface area contributed by atoms with Gasteiger partial charge in [0.25, 0.3) is 0 Å². The SMILES string of the molecule is COc1cc(C)cc(C)c1N(C)C(=O)C(F)(F)F. The molecular weight excluding hydrogens is 247 g/mol. The van der Waals surface area contributed by atoms with Gasteiger partial charge in [-0.05, 0) is 31.0 Å². The molecule has 3 nitrogen and oxygen atoms in total. The van der Waals surface area contributed by atoms with Gasteiger partial charge in [0, 0.05) is 7.05 Å². The summed E-state index contributed by atoms with van der Waals surface area (Å²) in [5.74, 6) is -1.68. The molecule has 1 aromatic rings. The first-order chi connectivity index (χ1) is 8.18. The lowest BCUT2D eigenvalue weighted by Crippen LogP contribution is -2.39. The number of halogens is 3. The van der Waals surface area contributed by atoms with E-state index in [9.17, 15) is 18.0 Å². The Kier molecular flexibility index (Phi) is 3.88. The summed E-state index contributed by atoms with van der Waals surface area (Å²) < 4.78 is 42.2. The Morgan fingerprint density at radius 3 is 2.28 bits per heavy atom. The average molecular weight is 261 g/mol. The van der Waals surface area contributed by atoms with E-state index < -0.39 is 12.1 Å². The van der Waals surface area contributed by atoms with Gasteiger partial charge in [-0.2, -0.15) is 13.2 Å². The maximum absolute atomic E-state index is 12.4. The minimum atomic E-state index is -4.91. The van der Waals surface area contributed by atoms with Crippen LogP contribution in [0.15, 0.2) is 12.1 Å². The fourth-order valence-electron chi connectivity index (χ4n) is 1.80. The van der Waals surface area contributed by atoms with Crippen molar-refractivity contribution in [3.8, 4) is 5.75 Å². The Morgan fingerprint density at radius 2 is 1.83 bits per heavy atom. The highest BCUT2D eigenvalue weighted by Gasteiger charge is 2.42. The number of benzene rings is 1. The highest BCUT2D eigenvalue weighted by Crippen LogP contribution is 2.34. The molecule has 0 unspecified atom stereocenters. The van der Waals surface area contributed by atoms with Crippen molar-refractivity contribution in [2.45, 2.75) is 20.0 Å². The number of alkyl halides is 3. The van der Waals surface area contributed by atoms with Crippen LogP contribution in [0.2, 0.25) is 0 Å². The Balaban J connectivity index is 3.29.